The second-order valence-electron chi connectivity index (χ2n) is 8.33. The van der Waals surface area contributed by atoms with Gasteiger partial charge in [-0.2, -0.15) is 0 Å². The number of anilines is 1. The highest BCUT2D eigenvalue weighted by Crippen LogP contribution is 2.34. The summed E-state index contributed by atoms with van der Waals surface area (Å²) in [5.74, 6) is 1.20. The fraction of sp³-hybridized carbons (Fsp3) is 0.452. The van der Waals surface area contributed by atoms with Gasteiger partial charge in [0.2, 0.25) is 0 Å². The quantitative estimate of drug-likeness (QED) is 0.182. The van der Waals surface area contributed by atoms with Crippen molar-refractivity contribution in [1.29, 1.82) is 0 Å². The Balaban J connectivity index is 0.00000104. The third-order valence-electron chi connectivity index (χ3n) is 5.10. The Morgan fingerprint density at radius 3 is 2.22 bits per heavy atom. The Labute approximate surface area is 220 Å². The van der Waals surface area contributed by atoms with E-state index in [2.05, 4.69) is 33.9 Å². The Kier molecular flexibility index (Phi) is 19.2. The van der Waals surface area contributed by atoms with Crippen LogP contribution in [0.1, 0.15) is 73.1 Å². The fourth-order valence-electron chi connectivity index (χ4n) is 2.98. The average molecular weight is 497 g/mol. The third-order valence-corrected chi connectivity index (χ3v) is 5.10. The molecule has 200 valence electrons. The van der Waals surface area contributed by atoms with Gasteiger partial charge in [0, 0.05) is 18.7 Å². The summed E-state index contributed by atoms with van der Waals surface area (Å²) in [6.07, 6.45) is 17.0. The molecule has 0 fully saturated rings. The lowest BCUT2D eigenvalue weighted by molar-refractivity contribution is -0.127. The summed E-state index contributed by atoms with van der Waals surface area (Å²) in [7, 11) is 0. The summed E-state index contributed by atoms with van der Waals surface area (Å²) in [6.45, 7) is 18.9. The van der Waals surface area contributed by atoms with Crippen molar-refractivity contribution in [2.75, 3.05) is 18.1 Å². The number of hydrogen-bond acceptors (Lipinski definition) is 4. The largest absolute Gasteiger partial charge is 0.494 e. The number of nitrogens with zero attached hydrogens (tertiary/aromatic N) is 1. The Bertz CT molecular complexity index is 843. The number of allylic oxidation sites excluding steroid dienone is 6. The van der Waals surface area contributed by atoms with Crippen LogP contribution >= 0.6 is 0 Å². The van der Waals surface area contributed by atoms with Gasteiger partial charge < -0.3 is 20.1 Å². The molecule has 0 saturated heterocycles. The number of ether oxygens (including phenoxy) is 2. The number of carbonyl (C=O) groups is 1. The SMILES string of the molecule is C/C=C/C=C/C.C=C(N)/C=C\C(=C)OCCC1Oc2ccccc2N(CCCCC)C1=O.CCCC. The first-order chi connectivity index (χ1) is 17.4. The van der Waals surface area contributed by atoms with E-state index in [9.17, 15) is 4.79 Å². The summed E-state index contributed by atoms with van der Waals surface area (Å²) >= 11 is 0. The van der Waals surface area contributed by atoms with Crippen molar-refractivity contribution in [3.05, 3.63) is 85.3 Å². The zero-order valence-corrected chi connectivity index (χ0v) is 23.2. The first-order valence-electron chi connectivity index (χ1n) is 13.1. The van der Waals surface area contributed by atoms with Gasteiger partial charge >= 0.3 is 0 Å². The number of unbranched alkanes of at least 4 members (excludes halogenated alkanes) is 3. The van der Waals surface area contributed by atoms with Crippen LogP contribution in [-0.2, 0) is 9.53 Å². The molecule has 0 aliphatic carbocycles. The van der Waals surface area contributed by atoms with E-state index in [1.807, 2.05) is 67.3 Å². The number of nitrogens with two attached hydrogens (primary N) is 1. The van der Waals surface area contributed by atoms with Crippen LogP contribution in [0.2, 0.25) is 0 Å². The normalized spacial score (nSPS) is 14.5. The van der Waals surface area contributed by atoms with Gasteiger partial charge in [-0.1, -0.05) is 96.0 Å². The number of benzene rings is 1. The number of carbonyl (C=O) groups excluding carboxylic acids is 1. The van der Waals surface area contributed by atoms with Crippen LogP contribution in [0.5, 0.6) is 5.75 Å². The molecule has 1 aromatic carbocycles. The predicted octanol–water partition coefficient (Wildman–Crippen LogP) is 7.86. The lowest BCUT2D eigenvalue weighted by atomic mass is 10.1. The second-order valence-corrected chi connectivity index (χ2v) is 8.33. The van der Waals surface area contributed by atoms with Crippen molar-refractivity contribution >= 4 is 11.6 Å². The molecule has 0 bridgehead atoms. The summed E-state index contributed by atoms with van der Waals surface area (Å²) in [5, 5.41) is 0. The number of fused-ring (bicyclic) bond motifs is 1. The van der Waals surface area contributed by atoms with E-state index in [0.29, 0.717) is 31.0 Å². The lowest BCUT2D eigenvalue weighted by Gasteiger charge is -2.34. The minimum absolute atomic E-state index is 0.0140. The van der Waals surface area contributed by atoms with Crippen molar-refractivity contribution in [2.45, 2.75) is 79.2 Å². The zero-order chi connectivity index (χ0) is 27.2. The molecule has 0 radical (unpaired) electrons. The smallest absolute Gasteiger partial charge is 0.268 e. The molecular weight excluding hydrogens is 448 g/mol. The molecular formula is C31H48N2O3. The molecule has 5 heteroatoms. The van der Waals surface area contributed by atoms with Crippen LogP contribution in [0.25, 0.3) is 0 Å². The molecule has 1 amide bonds. The van der Waals surface area contributed by atoms with Gasteiger partial charge in [0.25, 0.3) is 5.91 Å². The number of amides is 1. The summed E-state index contributed by atoms with van der Waals surface area (Å²) in [6, 6.07) is 7.67. The number of rotatable bonds is 12. The minimum Gasteiger partial charge on any atom is -0.494 e. The van der Waals surface area contributed by atoms with Gasteiger partial charge in [-0.05, 0) is 44.6 Å². The molecule has 1 aliphatic heterocycles. The molecule has 1 heterocycles. The van der Waals surface area contributed by atoms with Crippen molar-refractivity contribution < 1.29 is 14.3 Å². The Hall–Kier alpha value is -3.21. The van der Waals surface area contributed by atoms with Crippen LogP contribution in [-0.4, -0.2) is 25.2 Å². The minimum atomic E-state index is -0.548. The van der Waals surface area contributed by atoms with Crippen LogP contribution < -0.4 is 15.4 Å². The number of para-hydroxylation sites is 2. The molecule has 1 aromatic rings. The molecule has 1 atom stereocenters. The van der Waals surface area contributed by atoms with Crippen molar-refractivity contribution in [3.8, 4) is 5.75 Å². The summed E-state index contributed by atoms with van der Waals surface area (Å²) in [4.78, 5) is 14.7. The van der Waals surface area contributed by atoms with Crippen LogP contribution in [0.4, 0.5) is 5.69 Å². The van der Waals surface area contributed by atoms with Crippen LogP contribution in [0.3, 0.4) is 0 Å². The van der Waals surface area contributed by atoms with E-state index < -0.39 is 6.10 Å². The Morgan fingerprint density at radius 2 is 1.67 bits per heavy atom. The molecule has 1 unspecified atom stereocenters. The van der Waals surface area contributed by atoms with Gasteiger partial charge in [-0.15, -0.1) is 0 Å². The van der Waals surface area contributed by atoms with Crippen molar-refractivity contribution in [1.82, 2.24) is 0 Å². The first-order valence-corrected chi connectivity index (χ1v) is 13.1. The molecule has 2 N–H and O–H groups in total. The highest BCUT2D eigenvalue weighted by molar-refractivity contribution is 6.00. The van der Waals surface area contributed by atoms with E-state index in [-0.39, 0.29) is 5.91 Å². The summed E-state index contributed by atoms with van der Waals surface area (Å²) in [5.41, 5.74) is 6.74. The maximum atomic E-state index is 12.9. The maximum absolute atomic E-state index is 12.9. The van der Waals surface area contributed by atoms with Gasteiger partial charge in [0.05, 0.1) is 12.3 Å². The summed E-state index contributed by atoms with van der Waals surface area (Å²) < 4.78 is 11.4. The van der Waals surface area contributed by atoms with Gasteiger partial charge in [-0.3, -0.25) is 4.79 Å². The fourth-order valence-corrected chi connectivity index (χ4v) is 2.98. The number of hydrogen-bond donors (Lipinski definition) is 1. The van der Waals surface area contributed by atoms with E-state index in [0.717, 1.165) is 30.7 Å². The van der Waals surface area contributed by atoms with E-state index in [1.165, 1.54) is 12.8 Å². The highest BCUT2D eigenvalue weighted by atomic mass is 16.5. The first kappa shape index (κ1) is 32.8. The molecule has 5 nitrogen and oxygen atoms in total. The third kappa shape index (κ3) is 14.2. The lowest BCUT2D eigenvalue weighted by Crippen LogP contribution is -2.46. The van der Waals surface area contributed by atoms with E-state index in [4.69, 9.17) is 15.2 Å². The monoisotopic (exact) mass is 496 g/mol. The maximum Gasteiger partial charge on any atom is 0.268 e. The van der Waals surface area contributed by atoms with Crippen LogP contribution in [0.15, 0.2) is 85.3 Å². The molecule has 0 aromatic heterocycles. The Morgan fingerprint density at radius 1 is 1.03 bits per heavy atom. The molecule has 0 spiro atoms. The second kappa shape index (κ2) is 21.1. The molecule has 2 rings (SSSR count). The predicted molar refractivity (Wildman–Crippen MR) is 155 cm³/mol. The zero-order valence-electron chi connectivity index (χ0n) is 23.2. The van der Waals surface area contributed by atoms with E-state index >= 15 is 0 Å². The van der Waals surface area contributed by atoms with E-state index in [1.54, 1.807) is 12.2 Å². The van der Waals surface area contributed by atoms with Crippen molar-refractivity contribution in [2.24, 2.45) is 5.73 Å². The van der Waals surface area contributed by atoms with Gasteiger partial charge in [0.15, 0.2) is 6.10 Å². The highest BCUT2D eigenvalue weighted by Gasteiger charge is 2.33. The molecule has 36 heavy (non-hydrogen) atoms. The van der Waals surface area contributed by atoms with Gasteiger partial charge in [-0.25, -0.2) is 0 Å². The van der Waals surface area contributed by atoms with Gasteiger partial charge in [0.1, 0.15) is 11.5 Å². The standard InChI is InChI=1S/C21H28N2O3.C6H10.C4H10/c1-4-5-8-14-23-18-9-6-7-10-19(18)26-20(21(23)24)13-15-25-17(3)12-11-16(2)22;1-3-5-6-4-2;1-3-4-2/h6-7,9-12,20H,2-5,8,13-15,22H2,1H3;3-6H,1-2H3;3-4H2,1-2H3/b12-11-;5-3+,6-4+;. The average Bonchev–Trinajstić information content (AvgIpc) is 2.88. The van der Waals surface area contributed by atoms with Crippen molar-refractivity contribution in [3.63, 3.8) is 0 Å². The topological polar surface area (TPSA) is 64.8 Å². The van der Waals surface area contributed by atoms with Crippen LogP contribution in [0, 0.1) is 0 Å². The molecule has 0 saturated carbocycles. The molecule has 1 aliphatic rings.